The van der Waals surface area contributed by atoms with E-state index in [1.54, 1.807) is 12.1 Å². The van der Waals surface area contributed by atoms with E-state index in [0.29, 0.717) is 17.1 Å². The molecule has 0 saturated carbocycles. The van der Waals surface area contributed by atoms with E-state index in [-0.39, 0.29) is 24.1 Å². The van der Waals surface area contributed by atoms with Crippen LogP contribution >= 0.6 is 0 Å². The molecular formula is C18H19F2N3O3. The number of anilines is 3. The van der Waals surface area contributed by atoms with Gasteiger partial charge in [0.2, 0.25) is 11.8 Å². The number of carbonyl (C=O) groups excluding carboxylic acids is 2. The minimum absolute atomic E-state index is 0.000347. The van der Waals surface area contributed by atoms with Crippen LogP contribution < -0.4 is 20.7 Å². The lowest BCUT2D eigenvalue weighted by Gasteiger charge is -2.12. The molecule has 0 bridgehead atoms. The van der Waals surface area contributed by atoms with E-state index >= 15 is 0 Å². The van der Waals surface area contributed by atoms with E-state index in [2.05, 4.69) is 20.7 Å². The summed E-state index contributed by atoms with van der Waals surface area (Å²) in [5, 5.41) is 8.32. The van der Waals surface area contributed by atoms with Crippen molar-refractivity contribution in [1.82, 2.24) is 0 Å². The normalized spacial score (nSPS) is 10.3. The van der Waals surface area contributed by atoms with Crippen LogP contribution in [0, 0.1) is 6.92 Å². The van der Waals surface area contributed by atoms with Crippen LogP contribution in [0.1, 0.15) is 12.5 Å². The standard InChI is InChI=1S/C18H19F2N3O3/c1-11-3-4-14(22-12(2)24)9-16(11)21-10-17(25)23-13-5-7-15(8-6-13)26-18(19)20/h3-9,18,21H,10H2,1-2H3,(H,22,24)(H,23,25). The van der Waals surface area contributed by atoms with E-state index in [4.69, 9.17) is 0 Å². The summed E-state index contributed by atoms with van der Waals surface area (Å²) in [6.45, 7) is 0.396. The third-order valence-electron chi connectivity index (χ3n) is 3.36. The molecule has 0 aliphatic rings. The van der Waals surface area contributed by atoms with Crippen molar-refractivity contribution in [3.8, 4) is 5.75 Å². The van der Waals surface area contributed by atoms with E-state index < -0.39 is 6.61 Å². The molecule has 0 fully saturated rings. The maximum Gasteiger partial charge on any atom is 0.387 e. The van der Waals surface area contributed by atoms with Gasteiger partial charge in [-0.2, -0.15) is 8.78 Å². The van der Waals surface area contributed by atoms with Gasteiger partial charge in [-0.15, -0.1) is 0 Å². The van der Waals surface area contributed by atoms with Gasteiger partial charge in [0.05, 0.1) is 6.54 Å². The Hall–Kier alpha value is -3.16. The van der Waals surface area contributed by atoms with Gasteiger partial charge < -0.3 is 20.7 Å². The fraction of sp³-hybridized carbons (Fsp3) is 0.222. The maximum atomic E-state index is 12.1. The van der Waals surface area contributed by atoms with Gasteiger partial charge >= 0.3 is 6.61 Å². The Morgan fingerprint density at radius 3 is 2.31 bits per heavy atom. The summed E-state index contributed by atoms with van der Waals surface area (Å²) in [6, 6.07) is 11.0. The Morgan fingerprint density at radius 1 is 1.04 bits per heavy atom. The average molecular weight is 363 g/mol. The number of halogens is 2. The number of alkyl halides is 2. The molecule has 0 unspecified atom stereocenters. The first-order valence-electron chi connectivity index (χ1n) is 7.80. The zero-order valence-electron chi connectivity index (χ0n) is 14.3. The van der Waals surface area contributed by atoms with Crippen molar-refractivity contribution in [3.05, 3.63) is 48.0 Å². The summed E-state index contributed by atoms with van der Waals surface area (Å²) in [7, 11) is 0. The predicted octanol–water partition coefficient (Wildman–Crippen LogP) is 3.61. The first kappa shape index (κ1) is 19.2. The summed E-state index contributed by atoms with van der Waals surface area (Å²) in [6.07, 6.45) is 0. The summed E-state index contributed by atoms with van der Waals surface area (Å²) in [4.78, 5) is 23.1. The van der Waals surface area contributed by atoms with Gasteiger partial charge in [-0.3, -0.25) is 9.59 Å². The van der Waals surface area contributed by atoms with Crippen LogP contribution in [0.5, 0.6) is 5.75 Å². The number of benzene rings is 2. The zero-order valence-corrected chi connectivity index (χ0v) is 14.3. The highest BCUT2D eigenvalue weighted by Crippen LogP contribution is 2.20. The van der Waals surface area contributed by atoms with Crippen LogP contribution in [-0.4, -0.2) is 25.0 Å². The summed E-state index contributed by atoms with van der Waals surface area (Å²) in [5.74, 6) is -0.477. The van der Waals surface area contributed by atoms with Crippen molar-refractivity contribution in [2.45, 2.75) is 20.5 Å². The highest BCUT2D eigenvalue weighted by Gasteiger charge is 2.07. The molecule has 2 aromatic rings. The number of hydrogen-bond acceptors (Lipinski definition) is 4. The number of hydrogen-bond donors (Lipinski definition) is 3. The molecular weight excluding hydrogens is 344 g/mol. The molecule has 0 radical (unpaired) electrons. The number of amides is 2. The number of carbonyl (C=O) groups is 2. The molecule has 0 aliphatic heterocycles. The first-order chi connectivity index (χ1) is 12.3. The van der Waals surface area contributed by atoms with E-state index in [9.17, 15) is 18.4 Å². The van der Waals surface area contributed by atoms with Crippen molar-refractivity contribution < 1.29 is 23.1 Å². The van der Waals surface area contributed by atoms with E-state index in [0.717, 1.165) is 5.56 Å². The van der Waals surface area contributed by atoms with Crippen molar-refractivity contribution in [3.63, 3.8) is 0 Å². The highest BCUT2D eigenvalue weighted by atomic mass is 19.3. The molecule has 2 aromatic carbocycles. The smallest absolute Gasteiger partial charge is 0.387 e. The molecule has 2 rings (SSSR count). The molecule has 3 N–H and O–H groups in total. The van der Waals surface area contributed by atoms with Crippen molar-refractivity contribution in [2.24, 2.45) is 0 Å². The third kappa shape index (κ3) is 6.04. The summed E-state index contributed by atoms with van der Waals surface area (Å²) in [5.41, 5.74) is 2.72. The Balaban J connectivity index is 1.91. The van der Waals surface area contributed by atoms with Crippen LogP contribution in [0.2, 0.25) is 0 Å². The van der Waals surface area contributed by atoms with Crippen LogP contribution in [0.3, 0.4) is 0 Å². The number of nitrogens with one attached hydrogen (secondary N) is 3. The van der Waals surface area contributed by atoms with Crippen LogP contribution in [-0.2, 0) is 9.59 Å². The largest absolute Gasteiger partial charge is 0.435 e. The Labute approximate surface area is 149 Å². The van der Waals surface area contributed by atoms with E-state index in [1.807, 2.05) is 13.0 Å². The molecule has 0 aromatic heterocycles. The van der Waals surface area contributed by atoms with Crippen molar-refractivity contribution in [1.29, 1.82) is 0 Å². The van der Waals surface area contributed by atoms with Crippen LogP contribution in [0.15, 0.2) is 42.5 Å². The minimum Gasteiger partial charge on any atom is -0.435 e. The van der Waals surface area contributed by atoms with Gasteiger partial charge in [0, 0.05) is 24.0 Å². The zero-order chi connectivity index (χ0) is 19.1. The minimum atomic E-state index is -2.89. The van der Waals surface area contributed by atoms with Gasteiger partial charge in [0.1, 0.15) is 5.75 Å². The highest BCUT2D eigenvalue weighted by molar-refractivity contribution is 5.94. The Morgan fingerprint density at radius 2 is 1.69 bits per heavy atom. The number of aryl methyl sites for hydroxylation is 1. The fourth-order valence-electron chi connectivity index (χ4n) is 2.19. The maximum absolute atomic E-state index is 12.1. The molecule has 0 heterocycles. The molecule has 0 atom stereocenters. The van der Waals surface area contributed by atoms with Gasteiger partial charge in [0.15, 0.2) is 0 Å². The van der Waals surface area contributed by atoms with Crippen molar-refractivity contribution >= 4 is 28.9 Å². The first-order valence-corrected chi connectivity index (χ1v) is 7.80. The molecule has 8 heteroatoms. The molecule has 138 valence electrons. The average Bonchev–Trinajstić information content (AvgIpc) is 2.56. The molecule has 26 heavy (non-hydrogen) atoms. The number of ether oxygens (including phenoxy) is 1. The van der Waals surface area contributed by atoms with Crippen LogP contribution in [0.4, 0.5) is 25.8 Å². The molecule has 2 amide bonds. The third-order valence-corrected chi connectivity index (χ3v) is 3.36. The van der Waals surface area contributed by atoms with Gasteiger partial charge in [-0.05, 0) is 48.9 Å². The fourth-order valence-corrected chi connectivity index (χ4v) is 2.19. The predicted molar refractivity (Wildman–Crippen MR) is 95.7 cm³/mol. The molecule has 0 aliphatic carbocycles. The molecule has 6 nitrogen and oxygen atoms in total. The number of rotatable bonds is 7. The molecule has 0 spiro atoms. The Kier molecular flexibility index (Phi) is 6.48. The summed E-state index contributed by atoms with van der Waals surface area (Å²) >= 11 is 0. The SMILES string of the molecule is CC(=O)Nc1ccc(C)c(NCC(=O)Nc2ccc(OC(F)F)cc2)c1. The van der Waals surface area contributed by atoms with Crippen molar-refractivity contribution in [2.75, 3.05) is 22.5 Å². The van der Waals surface area contributed by atoms with Crippen LogP contribution in [0.25, 0.3) is 0 Å². The lowest BCUT2D eigenvalue weighted by molar-refractivity contribution is -0.115. The lowest BCUT2D eigenvalue weighted by atomic mass is 10.1. The lowest BCUT2D eigenvalue weighted by Crippen LogP contribution is -2.22. The van der Waals surface area contributed by atoms with Gasteiger partial charge in [0.25, 0.3) is 0 Å². The monoisotopic (exact) mass is 363 g/mol. The topological polar surface area (TPSA) is 79.5 Å². The van der Waals surface area contributed by atoms with Gasteiger partial charge in [-0.1, -0.05) is 6.07 Å². The second kappa shape index (κ2) is 8.80. The molecule has 0 saturated heterocycles. The Bertz CT molecular complexity index is 780. The van der Waals surface area contributed by atoms with Gasteiger partial charge in [-0.25, -0.2) is 0 Å². The quantitative estimate of drug-likeness (QED) is 0.702. The van der Waals surface area contributed by atoms with E-state index in [1.165, 1.54) is 31.2 Å². The summed E-state index contributed by atoms with van der Waals surface area (Å²) < 4.78 is 28.4. The second-order valence-electron chi connectivity index (χ2n) is 5.52. The second-order valence-corrected chi connectivity index (χ2v) is 5.52.